The Hall–Kier alpha value is -2.77. The molecular formula is C20H28N4O4. The number of imidazole rings is 1. The van der Waals surface area contributed by atoms with Crippen LogP contribution in [0.4, 0.5) is 4.79 Å². The Balaban J connectivity index is 1.77. The molecule has 0 unspecified atom stereocenters. The van der Waals surface area contributed by atoms with Crippen molar-refractivity contribution in [3.05, 3.63) is 24.0 Å². The number of hydrogen-bond donors (Lipinski definition) is 3. The van der Waals surface area contributed by atoms with Crippen LogP contribution in [-0.2, 0) is 11.2 Å². The van der Waals surface area contributed by atoms with Crippen LogP contribution in [0.5, 0.6) is 5.75 Å². The molecule has 0 radical (unpaired) electrons. The summed E-state index contributed by atoms with van der Waals surface area (Å²) in [6.45, 7) is 4.95. The van der Waals surface area contributed by atoms with Gasteiger partial charge in [0.25, 0.3) is 0 Å². The number of carbonyl (C=O) groups is 2. The van der Waals surface area contributed by atoms with Crippen molar-refractivity contribution >= 4 is 23.0 Å². The second kappa shape index (κ2) is 8.50. The van der Waals surface area contributed by atoms with E-state index < -0.39 is 5.97 Å². The second-order valence-electron chi connectivity index (χ2n) is 7.73. The molecule has 0 bridgehead atoms. The Kier molecular flexibility index (Phi) is 6.06. The van der Waals surface area contributed by atoms with Gasteiger partial charge in [-0.25, -0.2) is 9.78 Å². The smallest absolute Gasteiger partial charge is 0.317 e. The van der Waals surface area contributed by atoms with E-state index in [1.54, 1.807) is 12.0 Å². The lowest BCUT2D eigenvalue weighted by Crippen LogP contribution is -2.50. The number of urea groups is 1. The van der Waals surface area contributed by atoms with E-state index in [0.29, 0.717) is 25.9 Å². The molecule has 28 heavy (non-hydrogen) atoms. The van der Waals surface area contributed by atoms with E-state index in [2.05, 4.69) is 15.3 Å². The zero-order valence-electron chi connectivity index (χ0n) is 16.6. The van der Waals surface area contributed by atoms with Crippen molar-refractivity contribution in [1.82, 2.24) is 20.2 Å². The van der Waals surface area contributed by atoms with Gasteiger partial charge in [-0.1, -0.05) is 0 Å². The average molecular weight is 388 g/mol. The van der Waals surface area contributed by atoms with Gasteiger partial charge in [-0.15, -0.1) is 0 Å². The van der Waals surface area contributed by atoms with Gasteiger partial charge in [0.15, 0.2) is 0 Å². The maximum Gasteiger partial charge on any atom is 0.317 e. The number of aliphatic carboxylic acids is 1. The number of nitrogens with zero attached hydrogens (tertiary/aromatic N) is 2. The third-order valence-electron chi connectivity index (χ3n) is 5.22. The van der Waals surface area contributed by atoms with Gasteiger partial charge in [0.2, 0.25) is 0 Å². The van der Waals surface area contributed by atoms with Crippen LogP contribution in [0.3, 0.4) is 0 Å². The summed E-state index contributed by atoms with van der Waals surface area (Å²) >= 11 is 0. The Bertz CT molecular complexity index is 848. The summed E-state index contributed by atoms with van der Waals surface area (Å²) in [7, 11) is 1.62. The molecule has 8 heteroatoms. The summed E-state index contributed by atoms with van der Waals surface area (Å²) in [6, 6.07) is 5.62. The molecule has 1 aromatic heterocycles. The van der Waals surface area contributed by atoms with Crippen molar-refractivity contribution < 1.29 is 19.4 Å². The van der Waals surface area contributed by atoms with Gasteiger partial charge in [0.05, 0.1) is 18.1 Å². The number of benzene rings is 1. The number of H-pyrrole nitrogens is 1. The molecule has 152 valence electrons. The first-order chi connectivity index (χ1) is 13.4. The molecule has 0 aliphatic carbocycles. The number of carboxylic acids is 1. The molecule has 2 heterocycles. The summed E-state index contributed by atoms with van der Waals surface area (Å²) in [4.78, 5) is 33.4. The molecule has 8 nitrogen and oxygen atoms in total. The first kappa shape index (κ1) is 20.0. The number of hydrogen-bond acceptors (Lipinski definition) is 4. The Morgan fingerprint density at radius 3 is 2.86 bits per heavy atom. The number of carboxylic acid groups (broad SMARTS) is 1. The highest BCUT2D eigenvalue weighted by Crippen LogP contribution is 2.30. The molecule has 1 aliphatic rings. The highest BCUT2D eigenvalue weighted by atomic mass is 16.5. The van der Waals surface area contributed by atoms with Crippen molar-refractivity contribution in [2.24, 2.45) is 11.8 Å². The fraction of sp³-hybridized carbons (Fsp3) is 0.550. The number of amides is 2. The number of aromatic amines is 1. The molecule has 3 N–H and O–H groups in total. The molecular weight excluding hydrogens is 360 g/mol. The largest absolute Gasteiger partial charge is 0.497 e. The number of carbonyl (C=O) groups excluding carboxylic acids is 1. The van der Waals surface area contributed by atoms with Gasteiger partial charge in [0.1, 0.15) is 11.6 Å². The number of nitrogens with one attached hydrogen (secondary N) is 2. The van der Waals surface area contributed by atoms with Crippen molar-refractivity contribution in [1.29, 1.82) is 0 Å². The minimum Gasteiger partial charge on any atom is -0.497 e. The van der Waals surface area contributed by atoms with Crippen LogP contribution in [0.25, 0.3) is 11.0 Å². The number of rotatable bonds is 6. The van der Waals surface area contributed by atoms with Crippen LogP contribution in [0.15, 0.2) is 18.2 Å². The number of piperidine rings is 1. The van der Waals surface area contributed by atoms with Crippen molar-refractivity contribution in [2.45, 2.75) is 39.2 Å². The first-order valence-corrected chi connectivity index (χ1v) is 9.65. The van der Waals surface area contributed by atoms with Crippen molar-refractivity contribution in [2.75, 3.05) is 20.2 Å². The van der Waals surface area contributed by atoms with Gasteiger partial charge in [-0.3, -0.25) is 4.79 Å². The Labute approximate surface area is 164 Å². The Morgan fingerprint density at radius 2 is 2.18 bits per heavy atom. The second-order valence-corrected chi connectivity index (χ2v) is 7.73. The summed E-state index contributed by atoms with van der Waals surface area (Å²) < 4.78 is 5.25. The zero-order chi connectivity index (χ0) is 20.3. The molecule has 2 aromatic rings. The molecule has 1 aliphatic heterocycles. The van der Waals surface area contributed by atoms with Gasteiger partial charge < -0.3 is 25.0 Å². The van der Waals surface area contributed by atoms with Crippen LogP contribution >= 0.6 is 0 Å². The molecule has 1 saturated heterocycles. The third-order valence-corrected chi connectivity index (χ3v) is 5.22. The number of likely N-dealkylation sites (tertiary alicyclic amines) is 1. The number of fused-ring (bicyclic) bond motifs is 1. The third kappa shape index (κ3) is 4.74. The lowest BCUT2D eigenvalue weighted by Gasteiger charge is -2.38. The topological polar surface area (TPSA) is 108 Å². The van der Waals surface area contributed by atoms with Gasteiger partial charge in [-0.2, -0.15) is 0 Å². The van der Waals surface area contributed by atoms with E-state index in [-0.39, 0.29) is 30.3 Å². The van der Waals surface area contributed by atoms with E-state index in [9.17, 15) is 14.7 Å². The number of aromatic nitrogens is 2. The van der Waals surface area contributed by atoms with Gasteiger partial charge in [0, 0.05) is 38.0 Å². The van der Waals surface area contributed by atoms with Crippen LogP contribution in [0.1, 0.15) is 32.5 Å². The van der Waals surface area contributed by atoms with E-state index in [1.807, 2.05) is 32.0 Å². The summed E-state index contributed by atoms with van der Waals surface area (Å²) in [5.41, 5.74) is 1.73. The maximum absolute atomic E-state index is 12.4. The fourth-order valence-electron chi connectivity index (χ4n) is 3.84. The molecule has 2 amide bonds. The molecule has 0 saturated carbocycles. The molecule has 0 spiro atoms. The Morgan fingerprint density at radius 1 is 1.39 bits per heavy atom. The predicted octanol–water partition coefficient (Wildman–Crippen LogP) is 2.64. The number of ether oxygens (including phenoxy) is 1. The zero-order valence-corrected chi connectivity index (χ0v) is 16.6. The predicted molar refractivity (Wildman–Crippen MR) is 105 cm³/mol. The first-order valence-electron chi connectivity index (χ1n) is 9.65. The average Bonchev–Trinajstić information content (AvgIpc) is 3.03. The lowest BCUT2D eigenvalue weighted by molar-refractivity contribution is -0.139. The van der Waals surface area contributed by atoms with Gasteiger partial charge in [-0.05, 0) is 44.2 Å². The van der Waals surface area contributed by atoms with Crippen LogP contribution in [-0.4, -0.2) is 58.2 Å². The SMILES string of the molecule is COc1ccc2nc(C[C@H]3CN(C(=O)NC(C)C)CC[C@H]3CC(=O)O)[nH]c2c1. The minimum absolute atomic E-state index is 0.0170. The monoisotopic (exact) mass is 388 g/mol. The standard InChI is InChI=1S/C20H28N4O4/c1-12(2)21-20(27)24-7-6-13(9-19(25)26)14(11-24)8-18-22-16-5-4-15(28-3)10-17(16)23-18/h4-5,10,12-14H,6-9,11H2,1-3H3,(H,21,27)(H,22,23)(H,25,26)/t13-,14-/m0/s1. The van der Waals surface area contributed by atoms with E-state index in [1.165, 1.54) is 0 Å². The lowest BCUT2D eigenvalue weighted by atomic mass is 9.81. The van der Waals surface area contributed by atoms with Gasteiger partial charge >= 0.3 is 12.0 Å². The number of methoxy groups -OCH3 is 1. The van der Waals surface area contributed by atoms with Crippen LogP contribution in [0, 0.1) is 11.8 Å². The summed E-state index contributed by atoms with van der Waals surface area (Å²) in [5, 5.41) is 12.2. The van der Waals surface area contributed by atoms with E-state index in [4.69, 9.17) is 4.74 Å². The fourth-order valence-corrected chi connectivity index (χ4v) is 3.84. The van der Waals surface area contributed by atoms with E-state index >= 15 is 0 Å². The van der Waals surface area contributed by atoms with Crippen LogP contribution in [0.2, 0.25) is 0 Å². The van der Waals surface area contributed by atoms with E-state index in [0.717, 1.165) is 22.6 Å². The summed E-state index contributed by atoms with van der Waals surface area (Å²) in [5.74, 6) is 0.799. The molecule has 1 fully saturated rings. The molecule has 3 rings (SSSR count). The van der Waals surface area contributed by atoms with Crippen molar-refractivity contribution in [3.8, 4) is 5.75 Å². The summed E-state index contributed by atoms with van der Waals surface area (Å²) in [6.07, 6.45) is 1.38. The highest BCUT2D eigenvalue weighted by Gasteiger charge is 2.33. The van der Waals surface area contributed by atoms with Crippen LogP contribution < -0.4 is 10.1 Å². The maximum atomic E-state index is 12.4. The quantitative estimate of drug-likeness (QED) is 0.705. The minimum atomic E-state index is -0.801. The molecule has 2 atom stereocenters. The molecule has 1 aromatic carbocycles. The van der Waals surface area contributed by atoms with Crippen molar-refractivity contribution in [3.63, 3.8) is 0 Å². The highest BCUT2D eigenvalue weighted by molar-refractivity contribution is 5.77. The normalized spacial score (nSPS) is 19.8.